The van der Waals surface area contributed by atoms with Crippen LogP contribution in [0, 0.1) is 18.3 Å². The Bertz CT molecular complexity index is 761. The third-order valence-corrected chi connectivity index (χ3v) is 4.08. The molecule has 1 unspecified atom stereocenters. The zero-order chi connectivity index (χ0) is 18.4. The summed E-state index contributed by atoms with van der Waals surface area (Å²) in [4.78, 5) is 8.53. The van der Waals surface area contributed by atoms with Gasteiger partial charge in [0.1, 0.15) is 18.2 Å². The average molecular weight is 338 g/mol. The minimum atomic E-state index is -0.0330. The maximum atomic E-state index is 9.39. The van der Waals surface area contributed by atoms with Crippen LogP contribution in [-0.2, 0) is 0 Å². The van der Waals surface area contributed by atoms with Gasteiger partial charge in [-0.05, 0) is 51.0 Å². The number of rotatable bonds is 4. The Balaban J connectivity index is 0.00000109. The second-order valence-electron chi connectivity index (χ2n) is 6.47. The van der Waals surface area contributed by atoms with E-state index >= 15 is 0 Å². The molecule has 0 bridgehead atoms. The molecule has 0 spiro atoms. The highest BCUT2D eigenvalue weighted by Gasteiger charge is 2.37. The van der Waals surface area contributed by atoms with E-state index in [1.807, 2.05) is 39.0 Å². The molecule has 2 aromatic heterocycles. The van der Waals surface area contributed by atoms with Crippen LogP contribution >= 0.6 is 0 Å². The lowest BCUT2D eigenvalue weighted by molar-refractivity contribution is 0.0925. The van der Waals surface area contributed by atoms with Crippen molar-refractivity contribution < 1.29 is 4.74 Å². The molecule has 0 radical (unpaired) electrons. The second-order valence-corrected chi connectivity index (χ2v) is 6.47. The number of nitrogens with one attached hydrogen (secondary N) is 1. The summed E-state index contributed by atoms with van der Waals surface area (Å²) >= 11 is 0. The Labute approximate surface area is 150 Å². The van der Waals surface area contributed by atoms with Gasteiger partial charge in [-0.25, -0.2) is 4.98 Å². The first-order valence-electron chi connectivity index (χ1n) is 8.73. The molecule has 0 aromatic carbocycles. The third-order valence-electron chi connectivity index (χ3n) is 4.08. The fourth-order valence-electron chi connectivity index (χ4n) is 3.11. The van der Waals surface area contributed by atoms with Crippen LogP contribution in [0.25, 0.3) is 11.1 Å². The largest absolute Gasteiger partial charge is 0.475 e. The van der Waals surface area contributed by atoms with Gasteiger partial charge in [0.15, 0.2) is 0 Å². The minimum Gasteiger partial charge on any atom is -0.475 e. The van der Waals surface area contributed by atoms with E-state index in [2.05, 4.69) is 35.2 Å². The van der Waals surface area contributed by atoms with Gasteiger partial charge in [0.2, 0.25) is 5.88 Å². The second kappa shape index (κ2) is 8.09. The Morgan fingerprint density at radius 2 is 2.04 bits per heavy atom. The molecule has 3 heterocycles. The lowest BCUT2D eigenvalue weighted by atomic mass is 9.85. The van der Waals surface area contributed by atoms with Crippen LogP contribution in [-0.4, -0.2) is 28.2 Å². The maximum absolute atomic E-state index is 9.39. The van der Waals surface area contributed by atoms with Gasteiger partial charge in [-0.2, -0.15) is 5.26 Å². The van der Waals surface area contributed by atoms with Crippen molar-refractivity contribution in [1.29, 1.82) is 5.26 Å². The van der Waals surface area contributed by atoms with Gasteiger partial charge in [-0.15, -0.1) is 0 Å². The molecule has 132 valence electrons. The molecule has 2 aromatic rings. The van der Waals surface area contributed by atoms with Crippen LogP contribution in [0.5, 0.6) is 5.88 Å². The van der Waals surface area contributed by atoms with Crippen molar-refractivity contribution in [2.45, 2.75) is 52.6 Å². The quantitative estimate of drug-likeness (QED) is 0.916. The molecule has 1 fully saturated rings. The van der Waals surface area contributed by atoms with Gasteiger partial charge in [0.05, 0.1) is 5.54 Å². The fraction of sp³-hybridized carbons (Fsp3) is 0.450. The molecule has 0 saturated carbocycles. The average Bonchev–Trinajstić information content (AvgIpc) is 2.60. The number of hydrogen-bond donors (Lipinski definition) is 1. The Hall–Kier alpha value is -2.45. The topological polar surface area (TPSA) is 70.8 Å². The summed E-state index contributed by atoms with van der Waals surface area (Å²) in [6, 6.07) is 8.39. The summed E-state index contributed by atoms with van der Waals surface area (Å²) < 4.78 is 5.79. The normalized spacial score (nSPS) is 21.4. The highest BCUT2D eigenvalue weighted by molar-refractivity contribution is 5.65. The van der Waals surface area contributed by atoms with Crippen molar-refractivity contribution in [3.63, 3.8) is 0 Å². The lowest BCUT2D eigenvalue weighted by Crippen LogP contribution is -2.63. The number of aryl methyl sites for hydroxylation is 1. The van der Waals surface area contributed by atoms with E-state index in [-0.39, 0.29) is 5.54 Å². The van der Waals surface area contributed by atoms with Crippen LogP contribution < -0.4 is 10.1 Å². The van der Waals surface area contributed by atoms with Crippen molar-refractivity contribution >= 4 is 0 Å². The summed E-state index contributed by atoms with van der Waals surface area (Å²) in [7, 11) is 0. The van der Waals surface area contributed by atoms with Crippen LogP contribution in [0.3, 0.4) is 0 Å². The van der Waals surface area contributed by atoms with Gasteiger partial charge < -0.3 is 10.1 Å². The molecule has 0 amide bonds. The monoisotopic (exact) mass is 338 g/mol. The van der Waals surface area contributed by atoms with Crippen molar-refractivity contribution in [3.05, 3.63) is 41.9 Å². The number of aromatic nitrogens is 2. The van der Waals surface area contributed by atoms with E-state index in [0.717, 1.165) is 23.2 Å². The van der Waals surface area contributed by atoms with Crippen molar-refractivity contribution in [1.82, 2.24) is 15.3 Å². The SMILES string of the molecule is CC.Cc1cc(-c2cnc(OC[C@]3(C)CC(C)N3)c(C#N)c2)ccn1. The first-order chi connectivity index (χ1) is 12.0. The number of nitriles is 1. The molecule has 3 rings (SSSR count). The van der Waals surface area contributed by atoms with Crippen LogP contribution in [0.4, 0.5) is 0 Å². The minimum absolute atomic E-state index is 0.0330. The summed E-state index contributed by atoms with van der Waals surface area (Å²) in [5, 5.41) is 12.8. The van der Waals surface area contributed by atoms with E-state index in [4.69, 9.17) is 4.74 Å². The zero-order valence-electron chi connectivity index (χ0n) is 15.6. The molecular formula is C20H26N4O. The van der Waals surface area contributed by atoms with E-state index in [1.54, 1.807) is 12.4 Å². The summed E-state index contributed by atoms with van der Waals surface area (Å²) in [6.07, 6.45) is 4.55. The highest BCUT2D eigenvalue weighted by atomic mass is 16.5. The fourth-order valence-corrected chi connectivity index (χ4v) is 3.11. The molecule has 1 saturated heterocycles. The smallest absolute Gasteiger partial charge is 0.231 e. The number of nitrogens with zero attached hydrogens (tertiary/aromatic N) is 3. The van der Waals surface area contributed by atoms with Crippen LogP contribution in [0.15, 0.2) is 30.6 Å². The third kappa shape index (κ3) is 4.55. The number of pyridine rings is 2. The van der Waals surface area contributed by atoms with Gasteiger partial charge in [-0.3, -0.25) is 4.98 Å². The van der Waals surface area contributed by atoms with Crippen molar-refractivity contribution in [3.8, 4) is 23.1 Å². The summed E-state index contributed by atoms with van der Waals surface area (Å²) in [5.74, 6) is 0.393. The number of ether oxygens (including phenoxy) is 1. The molecule has 5 heteroatoms. The molecule has 25 heavy (non-hydrogen) atoms. The van der Waals surface area contributed by atoms with Gasteiger partial charge in [-0.1, -0.05) is 13.8 Å². The maximum Gasteiger partial charge on any atom is 0.231 e. The number of hydrogen-bond acceptors (Lipinski definition) is 5. The van der Waals surface area contributed by atoms with Gasteiger partial charge >= 0.3 is 0 Å². The van der Waals surface area contributed by atoms with E-state index < -0.39 is 0 Å². The molecule has 1 aliphatic rings. The predicted molar refractivity (Wildman–Crippen MR) is 99.4 cm³/mol. The van der Waals surface area contributed by atoms with Gasteiger partial charge in [0, 0.05) is 29.7 Å². The molecule has 1 N–H and O–H groups in total. The Morgan fingerprint density at radius 3 is 2.64 bits per heavy atom. The van der Waals surface area contributed by atoms with E-state index in [0.29, 0.717) is 24.1 Å². The lowest BCUT2D eigenvalue weighted by Gasteiger charge is -2.44. The Morgan fingerprint density at radius 1 is 1.32 bits per heavy atom. The first-order valence-corrected chi connectivity index (χ1v) is 8.73. The van der Waals surface area contributed by atoms with E-state index in [9.17, 15) is 5.26 Å². The first kappa shape index (κ1) is 18.9. The van der Waals surface area contributed by atoms with Crippen LogP contribution in [0.1, 0.15) is 45.4 Å². The summed E-state index contributed by atoms with van der Waals surface area (Å²) in [5.41, 5.74) is 3.23. The van der Waals surface area contributed by atoms with Crippen LogP contribution in [0.2, 0.25) is 0 Å². The zero-order valence-corrected chi connectivity index (χ0v) is 15.6. The predicted octanol–water partition coefficient (Wildman–Crippen LogP) is 3.87. The van der Waals surface area contributed by atoms with Crippen molar-refractivity contribution in [2.24, 2.45) is 0 Å². The van der Waals surface area contributed by atoms with E-state index in [1.165, 1.54) is 0 Å². The van der Waals surface area contributed by atoms with Crippen molar-refractivity contribution in [2.75, 3.05) is 6.61 Å². The summed E-state index contributed by atoms with van der Waals surface area (Å²) in [6.45, 7) is 10.7. The molecule has 0 aliphatic carbocycles. The highest BCUT2D eigenvalue weighted by Crippen LogP contribution is 2.27. The Kier molecular flexibility index (Phi) is 6.11. The molecule has 1 aliphatic heterocycles. The standard InChI is InChI=1S/C18H20N4O.C2H6/c1-12-6-14(4-5-20-12)16-7-15(9-19)17(21-10-16)23-11-18(3)8-13(2)22-18;1-2/h4-7,10,13,22H,8,11H2,1-3H3;1-2H3/t13?,18-;/m0./s1. The molecular weight excluding hydrogens is 312 g/mol. The van der Waals surface area contributed by atoms with Gasteiger partial charge in [0.25, 0.3) is 0 Å². The molecule has 5 nitrogen and oxygen atoms in total. The molecule has 2 atom stereocenters.